The van der Waals surface area contributed by atoms with Crippen LogP contribution in [0.5, 0.6) is 0 Å². The van der Waals surface area contributed by atoms with Crippen LogP contribution in [0.1, 0.15) is 15.9 Å². The van der Waals surface area contributed by atoms with E-state index in [1.807, 2.05) is 12.1 Å². The number of carbonyl (C=O) groups is 1. The topological polar surface area (TPSA) is 74.7 Å². The molecule has 1 heterocycles. The summed E-state index contributed by atoms with van der Waals surface area (Å²) in [7, 11) is -3.73. The van der Waals surface area contributed by atoms with Gasteiger partial charge in [-0.05, 0) is 52.2 Å². The number of sulfonamides is 1. The summed E-state index contributed by atoms with van der Waals surface area (Å²) >= 11 is 3.17. The van der Waals surface area contributed by atoms with Gasteiger partial charge in [0.15, 0.2) is 0 Å². The van der Waals surface area contributed by atoms with Gasteiger partial charge >= 0.3 is 5.97 Å². The molecule has 1 N–H and O–H groups in total. The van der Waals surface area contributed by atoms with E-state index in [0.717, 1.165) is 5.56 Å². The van der Waals surface area contributed by atoms with Crippen molar-refractivity contribution in [3.05, 3.63) is 58.1 Å². The lowest BCUT2D eigenvalue weighted by atomic mass is 10.2. The second-order valence-corrected chi connectivity index (χ2v) is 7.59. The lowest BCUT2D eigenvalue weighted by molar-refractivity contribution is 0.0696. The van der Waals surface area contributed by atoms with Crippen LogP contribution in [-0.2, 0) is 16.4 Å². The molecule has 7 heteroatoms. The van der Waals surface area contributed by atoms with E-state index in [1.165, 1.54) is 22.5 Å². The predicted molar refractivity (Wildman–Crippen MR) is 85.8 cm³/mol. The lowest BCUT2D eigenvalue weighted by Crippen LogP contribution is -2.29. The summed E-state index contributed by atoms with van der Waals surface area (Å²) in [6.45, 7) is 0.384. The van der Waals surface area contributed by atoms with E-state index in [-0.39, 0.29) is 14.9 Å². The minimum Gasteiger partial charge on any atom is -0.478 e. The number of rotatable bonds is 3. The predicted octanol–water partition coefficient (Wildman–Crippen LogP) is 2.90. The van der Waals surface area contributed by atoms with E-state index >= 15 is 0 Å². The molecule has 0 aromatic heterocycles. The molecule has 0 atom stereocenters. The quantitative estimate of drug-likeness (QED) is 0.886. The number of carboxylic acid groups (broad SMARTS) is 1. The van der Waals surface area contributed by atoms with Crippen LogP contribution in [0.2, 0.25) is 0 Å². The molecule has 0 unspecified atom stereocenters. The fourth-order valence-corrected chi connectivity index (χ4v) is 5.06. The molecule has 0 fully saturated rings. The van der Waals surface area contributed by atoms with E-state index in [9.17, 15) is 13.2 Å². The number of hydrogen-bond acceptors (Lipinski definition) is 3. The number of hydrogen-bond donors (Lipinski definition) is 1. The Hall–Kier alpha value is -1.86. The number of aromatic carboxylic acids is 1. The van der Waals surface area contributed by atoms with Crippen molar-refractivity contribution in [2.45, 2.75) is 11.3 Å². The average Bonchev–Trinajstić information content (AvgIpc) is 2.91. The maximum Gasteiger partial charge on any atom is 0.335 e. The highest BCUT2D eigenvalue weighted by Crippen LogP contribution is 2.35. The van der Waals surface area contributed by atoms with E-state index in [0.29, 0.717) is 18.7 Å². The number of para-hydroxylation sites is 1. The molecule has 0 amide bonds. The van der Waals surface area contributed by atoms with Crippen LogP contribution >= 0.6 is 15.9 Å². The molecule has 0 spiro atoms. The molecule has 1 aliphatic rings. The Morgan fingerprint density at radius 3 is 2.59 bits per heavy atom. The fraction of sp³-hybridized carbons (Fsp3) is 0.133. The molecule has 5 nitrogen and oxygen atoms in total. The van der Waals surface area contributed by atoms with Crippen molar-refractivity contribution in [3.8, 4) is 0 Å². The molecule has 0 radical (unpaired) electrons. The minimum atomic E-state index is -3.73. The van der Waals surface area contributed by atoms with Gasteiger partial charge in [-0.3, -0.25) is 4.31 Å². The summed E-state index contributed by atoms with van der Waals surface area (Å²) in [5.41, 5.74) is 1.70. The van der Waals surface area contributed by atoms with Gasteiger partial charge in [0, 0.05) is 11.0 Å². The lowest BCUT2D eigenvalue weighted by Gasteiger charge is -2.20. The van der Waals surface area contributed by atoms with Crippen molar-refractivity contribution in [2.24, 2.45) is 0 Å². The molecule has 114 valence electrons. The first kappa shape index (κ1) is 15.1. The van der Waals surface area contributed by atoms with Crippen molar-refractivity contribution >= 4 is 37.6 Å². The van der Waals surface area contributed by atoms with Gasteiger partial charge in [0.2, 0.25) is 0 Å². The number of anilines is 1. The highest BCUT2D eigenvalue weighted by molar-refractivity contribution is 9.10. The maximum atomic E-state index is 12.8. The Bertz CT molecular complexity index is 864. The Kier molecular flexibility index (Phi) is 3.70. The SMILES string of the molecule is O=C(O)c1ccc(S(=O)(=O)N2CCc3ccccc32)c(Br)c1. The van der Waals surface area contributed by atoms with Crippen molar-refractivity contribution in [1.82, 2.24) is 0 Å². The van der Waals surface area contributed by atoms with Gasteiger partial charge in [0.25, 0.3) is 10.0 Å². The van der Waals surface area contributed by atoms with Crippen LogP contribution in [0.4, 0.5) is 5.69 Å². The molecular formula is C15H12BrNO4S. The van der Waals surface area contributed by atoms with Gasteiger partial charge < -0.3 is 5.11 Å². The van der Waals surface area contributed by atoms with Crippen molar-refractivity contribution < 1.29 is 18.3 Å². The first-order valence-electron chi connectivity index (χ1n) is 6.55. The number of benzene rings is 2. The van der Waals surface area contributed by atoms with Crippen molar-refractivity contribution in [1.29, 1.82) is 0 Å². The third kappa shape index (κ3) is 2.40. The first-order valence-corrected chi connectivity index (χ1v) is 8.78. The highest BCUT2D eigenvalue weighted by Gasteiger charge is 2.32. The monoisotopic (exact) mass is 381 g/mol. The Balaban J connectivity index is 2.07. The van der Waals surface area contributed by atoms with Gasteiger partial charge in [-0.1, -0.05) is 18.2 Å². The van der Waals surface area contributed by atoms with Gasteiger partial charge in [-0.25, -0.2) is 13.2 Å². The second kappa shape index (κ2) is 5.40. The van der Waals surface area contributed by atoms with E-state index in [4.69, 9.17) is 5.11 Å². The highest BCUT2D eigenvalue weighted by atomic mass is 79.9. The Morgan fingerprint density at radius 1 is 1.18 bits per heavy atom. The van der Waals surface area contributed by atoms with Crippen molar-refractivity contribution in [2.75, 3.05) is 10.8 Å². The van der Waals surface area contributed by atoms with Gasteiger partial charge in [0.1, 0.15) is 4.90 Å². The third-order valence-corrected chi connectivity index (χ3v) is 6.38. The number of nitrogens with zero attached hydrogens (tertiary/aromatic N) is 1. The largest absolute Gasteiger partial charge is 0.478 e. The smallest absolute Gasteiger partial charge is 0.335 e. The van der Waals surface area contributed by atoms with E-state index < -0.39 is 16.0 Å². The summed E-state index contributed by atoms with van der Waals surface area (Å²) < 4.78 is 27.3. The number of fused-ring (bicyclic) bond motifs is 1. The van der Waals surface area contributed by atoms with Crippen molar-refractivity contribution in [3.63, 3.8) is 0 Å². The molecule has 22 heavy (non-hydrogen) atoms. The summed E-state index contributed by atoms with van der Waals surface area (Å²) in [5, 5.41) is 8.96. The van der Waals surface area contributed by atoms with Gasteiger partial charge in [-0.15, -0.1) is 0 Å². The van der Waals surface area contributed by atoms with Crippen LogP contribution < -0.4 is 4.31 Å². The van der Waals surface area contributed by atoms with Gasteiger partial charge in [0.05, 0.1) is 11.3 Å². The zero-order valence-electron chi connectivity index (χ0n) is 11.4. The van der Waals surface area contributed by atoms with E-state index in [1.54, 1.807) is 12.1 Å². The fourth-order valence-electron chi connectivity index (χ4n) is 2.52. The van der Waals surface area contributed by atoms with Crippen LogP contribution in [0.15, 0.2) is 51.8 Å². The normalized spacial score (nSPS) is 14.0. The number of carboxylic acids is 1. The molecular weight excluding hydrogens is 370 g/mol. The molecule has 0 saturated heterocycles. The maximum absolute atomic E-state index is 12.8. The molecule has 1 aliphatic heterocycles. The van der Waals surface area contributed by atoms with Crippen LogP contribution in [-0.4, -0.2) is 26.0 Å². The molecule has 0 aliphatic carbocycles. The average molecular weight is 382 g/mol. The summed E-state index contributed by atoms with van der Waals surface area (Å²) in [5.74, 6) is -1.10. The second-order valence-electron chi connectivity index (χ2n) is 4.91. The number of halogens is 1. The minimum absolute atomic E-state index is 0.0349. The molecule has 3 rings (SSSR count). The summed E-state index contributed by atoms with van der Waals surface area (Å²) in [4.78, 5) is 11.0. The Labute approximate surface area is 136 Å². The summed E-state index contributed by atoms with van der Waals surface area (Å²) in [6, 6.07) is 11.3. The zero-order valence-corrected chi connectivity index (χ0v) is 13.8. The third-order valence-electron chi connectivity index (χ3n) is 3.59. The molecule has 0 saturated carbocycles. The molecule has 2 aromatic rings. The Morgan fingerprint density at radius 2 is 1.91 bits per heavy atom. The standard InChI is InChI=1S/C15H12BrNO4S/c16-12-9-11(15(18)19)5-6-14(12)22(20,21)17-8-7-10-3-1-2-4-13(10)17/h1-6,9H,7-8H2,(H,18,19). The van der Waals surface area contributed by atoms with Gasteiger partial charge in [-0.2, -0.15) is 0 Å². The van der Waals surface area contributed by atoms with Crippen LogP contribution in [0.25, 0.3) is 0 Å². The zero-order chi connectivity index (χ0) is 15.9. The summed E-state index contributed by atoms with van der Waals surface area (Å²) in [6.07, 6.45) is 0.667. The molecule has 0 bridgehead atoms. The van der Waals surface area contributed by atoms with Crippen LogP contribution in [0, 0.1) is 0 Å². The van der Waals surface area contributed by atoms with E-state index in [2.05, 4.69) is 15.9 Å². The van der Waals surface area contributed by atoms with Crippen LogP contribution in [0.3, 0.4) is 0 Å². The molecule has 2 aromatic carbocycles. The first-order chi connectivity index (χ1) is 10.4.